The Morgan fingerprint density at radius 2 is 1.81 bits per heavy atom. The highest BCUT2D eigenvalue weighted by Crippen LogP contribution is 2.35. The van der Waals surface area contributed by atoms with Crippen molar-refractivity contribution in [2.24, 2.45) is 10.9 Å². The van der Waals surface area contributed by atoms with Crippen LogP contribution in [0, 0.1) is 11.6 Å². The predicted octanol–water partition coefficient (Wildman–Crippen LogP) is 2.93. The minimum Gasteiger partial charge on any atom is -0.323 e. The summed E-state index contributed by atoms with van der Waals surface area (Å²) in [7, 11) is 0. The molecule has 0 radical (unpaired) electrons. The van der Waals surface area contributed by atoms with Crippen molar-refractivity contribution in [2.45, 2.75) is 6.18 Å². The van der Waals surface area contributed by atoms with Gasteiger partial charge in [-0.1, -0.05) is 11.6 Å². The van der Waals surface area contributed by atoms with E-state index < -0.39 is 34.0 Å². The Bertz CT molecular complexity index is 441. The van der Waals surface area contributed by atoms with Crippen LogP contribution in [0.3, 0.4) is 0 Å². The Balaban J connectivity index is 3.51. The lowest BCUT2D eigenvalue weighted by atomic mass is 10.1. The monoisotopic (exact) mass is 258 g/mol. The van der Waals surface area contributed by atoms with E-state index >= 15 is 0 Å². The van der Waals surface area contributed by atoms with Gasteiger partial charge in [-0.15, -0.1) is 0 Å². The number of hydrogen-bond acceptors (Lipinski definition) is 2. The molecule has 8 heteroatoms. The molecule has 1 rings (SSSR count). The molecule has 0 saturated heterocycles. The molecule has 16 heavy (non-hydrogen) atoms. The van der Waals surface area contributed by atoms with Crippen molar-refractivity contribution in [1.82, 2.24) is 0 Å². The van der Waals surface area contributed by atoms with Gasteiger partial charge in [0.15, 0.2) is 11.6 Å². The summed E-state index contributed by atoms with van der Waals surface area (Å²) in [5, 5.41) is 2.24. The van der Waals surface area contributed by atoms with E-state index in [1.807, 2.05) is 0 Å². The molecule has 0 unspecified atom stereocenters. The highest BCUT2D eigenvalue weighted by Gasteiger charge is 2.36. The van der Waals surface area contributed by atoms with Crippen LogP contribution in [-0.2, 0) is 6.18 Å². The minimum atomic E-state index is -5.02. The van der Waals surface area contributed by atoms with Gasteiger partial charge in [-0.2, -0.15) is 18.3 Å². The van der Waals surface area contributed by atoms with E-state index in [1.165, 1.54) is 0 Å². The van der Waals surface area contributed by atoms with Gasteiger partial charge in [0.1, 0.15) is 0 Å². The molecule has 0 aliphatic heterocycles. The molecular weight excluding hydrogens is 255 g/mol. The summed E-state index contributed by atoms with van der Waals surface area (Å²) in [6.45, 7) is 0. The van der Waals surface area contributed by atoms with Crippen LogP contribution >= 0.6 is 11.6 Å². The van der Waals surface area contributed by atoms with E-state index in [1.54, 1.807) is 0 Å². The molecule has 1 aromatic carbocycles. The normalized spacial score (nSPS) is 12.4. The molecule has 0 spiro atoms. The largest absolute Gasteiger partial charge is 0.419 e. The van der Waals surface area contributed by atoms with Gasteiger partial charge >= 0.3 is 6.18 Å². The first-order valence-corrected chi connectivity index (χ1v) is 4.14. The summed E-state index contributed by atoms with van der Waals surface area (Å²) in [4.78, 5) is 0. The van der Waals surface area contributed by atoms with Crippen molar-refractivity contribution in [3.8, 4) is 0 Å². The van der Waals surface area contributed by atoms with Crippen molar-refractivity contribution < 1.29 is 22.0 Å². The van der Waals surface area contributed by atoms with Crippen LogP contribution in [0.4, 0.5) is 22.0 Å². The van der Waals surface area contributed by atoms with Gasteiger partial charge in [0.25, 0.3) is 0 Å². The summed E-state index contributed by atoms with van der Waals surface area (Å²) in [5.74, 6) is 0.895. The third kappa shape index (κ3) is 2.24. The fourth-order valence-corrected chi connectivity index (χ4v) is 1.25. The Morgan fingerprint density at radius 3 is 2.25 bits per heavy atom. The van der Waals surface area contributed by atoms with Gasteiger partial charge in [0.2, 0.25) is 0 Å². The molecule has 88 valence electrons. The molecule has 2 nitrogen and oxygen atoms in total. The summed E-state index contributed by atoms with van der Waals surface area (Å²) in [6, 6.07) is 0.275. The van der Waals surface area contributed by atoms with Crippen molar-refractivity contribution in [3.63, 3.8) is 0 Å². The number of rotatable bonds is 1. The van der Waals surface area contributed by atoms with E-state index in [-0.39, 0.29) is 6.07 Å². The molecule has 0 saturated carbocycles. The molecule has 0 aromatic heterocycles. The fourth-order valence-electron chi connectivity index (χ4n) is 1.01. The SMILES string of the molecule is NN=Cc1c(Cl)cc(C(F)(F)F)c(F)c1F. The van der Waals surface area contributed by atoms with E-state index in [9.17, 15) is 22.0 Å². The maximum Gasteiger partial charge on any atom is 0.419 e. The second kappa shape index (κ2) is 4.25. The van der Waals surface area contributed by atoms with Crippen LogP contribution in [0.25, 0.3) is 0 Å². The van der Waals surface area contributed by atoms with Crippen LogP contribution in [0.5, 0.6) is 0 Å². The Morgan fingerprint density at radius 1 is 1.25 bits per heavy atom. The number of hydrazone groups is 1. The van der Waals surface area contributed by atoms with Gasteiger partial charge in [0, 0.05) is 0 Å². The van der Waals surface area contributed by atoms with Crippen molar-refractivity contribution in [2.75, 3.05) is 0 Å². The molecule has 0 amide bonds. The number of benzene rings is 1. The topological polar surface area (TPSA) is 38.4 Å². The second-order valence-electron chi connectivity index (χ2n) is 2.72. The number of halogens is 6. The van der Waals surface area contributed by atoms with Gasteiger partial charge in [0.05, 0.1) is 22.4 Å². The molecule has 1 aromatic rings. The van der Waals surface area contributed by atoms with E-state index in [0.29, 0.717) is 6.21 Å². The van der Waals surface area contributed by atoms with Gasteiger partial charge in [-0.05, 0) is 6.07 Å². The predicted molar refractivity (Wildman–Crippen MR) is 48.2 cm³/mol. The molecule has 2 N–H and O–H groups in total. The van der Waals surface area contributed by atoms with Gasteiger partial charge in [-0.3, -0.25) is 0 Å². The smallest absolute Gasteiger partial charge is 0.323 e. The Hall–Kier alpha value is -1.37. The average molecular weight is 259 g/mol. The fraction of sp³-hybridized carbons (Fsp3) is 0.125. The lowest BCUT2D eigenvalue weighted by Crippen LogP contribution is -2.11. The van der Waals surface area contributed by atoms with E-state index in [2.05, 4.69) is 10.9 Å². The second-order valence-corrected chi connectivity index (χ2v) is 3.13. The number of nitrogens with two attached hydrogens (primary N) is 1. The third-order valence-corrected chi connectivity index (χ3v) is 2.02. The summed E-state index contributed by atoms with van der Waals surface area (Å²) in [5.41, 5.74) is -2.40. The van der Waals surface area contributed by atoms with Crippen LogP contribution in [0.15, 0.2) is 11.2 Å². The van der Waals surface area contributed by atoms with E-state index in [4.69, 9.17) is 11.6 Å². The molecule has 0 aliphatic rings. The maximum absolute atomic E-state index is 13.1. The lowest BCUT2D eigenvalue weighted by molar-refractivity contribution is -0.140. The molecule has 0 aliphatic carbocycles. The summed E-state index contributed by atoms with van der Waals surface area (Å²) < 4.78 is 62.7. The molecule has 0 fully saturated rings. The summed E-state index contributed by atoms with van der Waals surface area (Å²) in [6.07, 6.45) is -4.39. The molecule has 0 bridgehead atoms. The zero-order valence-electron chi connectivity index (χ0n) is 7.45. The Kier molecular flexibility index (Phi) is 3.37. The molecule has 0 atom stereocenters. The average Bonchev–Trinajstić information content (AvgIpc) is 2.16. The van der Waals surface area contributed by atoms with E-state index in [0.717, 1.165) is 0 Å². The van der Waals surface area contributed by atoms with Gasteiger partial charge in [-0.25, -0.2) is 8.78 Å². The van der Waals surface area contributed by atoms with Crippen LogP contribution < -0.4 is 5.84 Å². The molecule has 0 heterocycles. The van der Waals surface area contributed by atoms with Crippen molar-refractivity contribution in [1.29, 1.82) is 0 Å². The highest BCUT2D eigenvalue weighted by molar-refractivity contribution is 6.33. The van der Waals surface area contributed by atoms with Crippen LogP contribution in [-0.4, -0.2) is 6.21 Å². The standard InChI is InChI=1S/C8H4ClF5N2/c9-5-1-4(8(12,13)14)7(11)6(10)3(5)2-16-15/h1-2H,15H2. The maximum atomic E-state index is 13.1. The first-order valence-electron chi connectivity index (χ1n) is 3.77. The molecular formula is C8H4ClF5N2. The van der Waals surface area contributed by atoms with Crippen molar-refractivity contribution in [3.05, 3.63) is 33.9 Å². The minimum absolute atomic E-state index is 0.275. The van der Waals surface area contributed by atoms with Crippen LogP contribution in [0.2, 0.25) is 5.02 Å². The number of alkyl halides is 3. The van der Waals surface area contributed by atoms with Crippen LogP contribution in [0.1, 0.15) is 11.1 Å². The zero-order valence-corrected chi connectivity index (χ0v) is 8.20. The Labute approximate surface area is 91.5 Å². The lowest BCUT2D eigenvalue weighted by Gasteiger charge is -2.10. The first-order chi connectivity index (χ1) is 7.29. The number of hydrogen-bond donors (Lipinski definition) is 1. The highest BCUT2D eigenvalue weighted by atomic mass is 35.5. The van der Waals surface area contributed by atoms with Crippen molar-refractivity contribution >= 4 is 17.8 Å². The first kappa shape index (κ1) is 12.7. The van der Waals surface area contributed by atoms with Gasteiger partial charge < -0.3 is 5.84 Å². The quantitative estimate of drug-likeness (QED) is 0.272. The third-order valence-electron chi connectivity index (χ3n) is 1.70. The zero-order chi connectivity index (χ0) is 12.5. The summed E-state index contributed by atoms with van der Waals surface area (Å²) >= 11 is 5.34. The number of nitrogens with zero attached hydrogens (tertiary/aromatic N) is 1.